The number of hydrogen-bond acceptors (Lipinski definition) is 6. The molecule has 0 atom stereocenters. The highest BCUT2D eigenvalue weighted by atomic mass is 32.2. The number of pyridine rings is 1. The van der Waals surface area contributed by atoms with Crippen molar-refractivity contribution in [1.82, 2.24) is 14.6 Å². The first-order valence-corrected chi connectivity index (χ1v) is 12.1. The molecule has 166 valence electrons. The van der Waals surface area contributed by atoms with Crippen LogP contribution in [-0.4, -0.2) is 63.0 Å². The van der Waals surface area contributed by atoms with Crippen LogP contribution in [-0.2, 0) is 21.3 Å². The van der Waals surface area contributed by atoms with Gasteiger partial charge in [0.15, 0.2) is 0 Å². The number of amides is 1. The van der Waals surface area contributed by atoms with Crippen LogP contribution in [0.1, 0.15) is 35.2 Å². The molecule has 1 N–H and O–H groups in total. The summed E-state index contributed by atoms with van der Waals surface area (Å²) in [6, 6.07) is 10.3. The third-order valence-corrected chi connectivity index (χ3v) is 7.62. The Morgan fingerprint density at radius 1 is 1.00 bits per heavy atom. The van der Waals surface area contributed by atoms with E-state index in [1.54, 1.807) is 24.4 Å². The van der Waals surface area contributed by atoms with Crippen LogP contribution in [0.5, 0.6) is 0 Å². The Balaban J connectivity index is 1.43. The van der Waals surface area contributed by atoms with Gasteiger partial charge in [-0.1, -0.05) is 18.2 Å². The van der Waals surface area contributed by atoms with Crippen molar-refractivity contribution in [1.29, 1.82) is 0 Å². The largest absolute Gasteiger partial charge is 0.379 e. The topological polar surface area (TPSA) is 91.8 Å². The van der Waals surface area contributed by atoms with E-state index in [0.717, 1.165) is 24.5 Å². The lowest BCUT2D eigenvalue weighted by molar-refractivity contribution is 0.0730. The standard InChI is InChI=1S/C22H28N4O4S/c27-22(24-17-18-8-9-21(23-16-18)25-10-4-1-5-11-25)19-6-2-3-7-20(19)31(28,29)26-12-14-30-15-13-26/h2-3,6-9,16H,1,4-5,10-15,17H2,(H,24,27). The molecule has 0 bridgehead atoms. The number of carbonyl (C=O) groups excluding carboxylic acids is 1. The summed E-state index contributed by atoms with van der Waals surface area (Å²) < 4.78 is 32.7. The van der Waals surface area contributed by atoms with Crippen molar-refractivity contribution in [3.05, 3.63) is 53.7 Å². The minimum Gasteiger partial charge on any atom is -0.379 e. The number of hydrogen-bond donors (Lipinski definition) is 1. The normalized spacial score (nSPS) is 18.0. The quantitative estimate of drug-likeness (QED) is 0.733. The third kappa shape index (κ3) is 5.06. The summed E-state index contributed by atoms with van der Waals surface area (Å²) in [5.41, 5.74) is 1.01. The molecular weight excluding hydrogens is 416 g/mol. The molecule has 4 rings (SSSR count). The summed E-state index contributed by atoms with van der Waals surface area (Å²) >= 11 is 0. The summed E-state index contributed by atoms with van der Waals surface area (Å²) in [4.78, 5) is 19.7. The molecule has 1 aromatic heterocycles. The van der Waals surface area contributed by atoms with Gasteiger partial charge in [-0.2, -0.15) is 4.31 Å². The Morgan fingerprint density at radius 3 is 2.45 bits per heavy atom. The van der Waals surface area contributed by atoms with Crippen molar-refractivity contribution in [2.24, 2.45) is 0 Å². The second-order valence-corrected chi connectivity index (χ2v) is 9.67. The van der Waals surface area contributed by atoms with E-state index in [9.17, 15) is 13.2 Å². The Hall–Kier alpha value is -2.49. The molecule has 9 heteroatoms. The molecule has 2 saturated heterocycles. The number of nitrogens with one attached hydrogen (secondary N) is 1. The van der Waals surface area contributed by atoms with E-state index in [4.69, 9.17) is 4.74 Å². The maximum atomic E-state index is 13.1. The van der Waals surface area contributed by atoms with E-state index < -0.39 is 15.9 Å². The lowest BCUT2D eigenvalue weighted by atomic mass is 10.1. The molecule has 0 spiro atoms. The van der Waals surface area contributed by atoms with Crippen molar-refractivity contribution in [2.75, 3.05) is 44.3 Å². The fourth-order valence-electron chi connectivity index (χ4n) is 3.91. The lowest BCUT2D eigenvalue weighted by Crippen LogP contribution is -2.41. The number of anilines is 1. The van der Waals surface area contributed by atoms with Gasteiger partial charge in [0.05, 0.1) is 23.7 Å². The lowest BCUT2D eigenvalue weighted by Gasteiger charge is -2.27. The number of piperidine rings is 1. The van der Waals surface area contributed by atoms with Crippen molar-refractivity contribution < 1.29 is 17.9 Å². The third-order valence-electron chi connectivity index (χ3n) is 5.66. The van der Waals surface area contributed by atoms with Gasteiger partial charge in [-0.3, -0.25) is 4.79 Å². The van der Waals surface area contributed by atoms with Gasteiger partial charge in [0, 0.05) is 38.9 Å². The highest BCUT2D eigenvalue weighted by molar-refractivity contribution is 7.89. The number of ether oxygens (including phenoxy) is 1. The molecule has 0 aliphatic carbocycles. The molecule has 1 amide bonds. The molecule has 2 aliphatic heterocycles. The van der Waals surface area contributed by atoms with Crippen molar-refractivity contribution in [3.8, 4) is 0 Å². The van der Waals surface area contributed by atoms with Crippen molar-refractivity contribution in [2.45, 2.75) is 30.7 Å². The number of rotatable bonds is 6. The summed E-state index contributed by atoms with van der Waals surface area (Å²) in [5.74, 6) is 0.532. The van der Waals surface area contributed by atoms with Gasteiger partial charge in [0.1, 0.15) is 5.82 Å². The molecule has 0 saturated carbocycles. The highest BCUT2D eigenvalue weighted by Gasteiger charge is 2.30. The van der Waals surface area contributed by atoms with Gasteiger partial charge in [-0.05, 0) is 43.0 Å². The summed E-state index contributed by atoms with van der Waals surface area (Å²) in [6.45, 7) is 3.61. The SMILES string of the molecule is O=C(NCc1ccc(N2CCCCC2)nc1)c1ccccc1S(=O)(=O)N1CCOCC1. The number of carbonyl (C=O) groups is 1. The monoisotopic (exact) mass is 444 g/mol. The molecule has 3 heterocycles. The van der Waals surface area contributed by atoms with Crippen LogP contribution in [0, 0.1) is 0 Å². The number of nitrogens with zero attached hydrogens (tertiary/aromatic N) is 3. The second kappa shape index (κ2) is 9.76. The Labute approximate surface area is 183 Å². The molecular formula is C22H28N4O4S. The van der Waals surface area contributed by atoms with Crippen LogP contribution in [0.25, 0.3) is 0 Å². The average molecular weight is 445 g/mol. The zero-order valence-corrected chi connectivity index (χ0v) is 18.3. The Bertz CT molecular complexity index is 998. The van der Waals surface area contributed by atoms with Crippen LogP contribution >= 0.6 is 0 Å². The predicted octanol–water partition coefficient (Wildman–Crippen LogP) is 2.02. The summed E-state index contributed by atoms with van der Waals surface area (Å²) in [7, 11) is -3.76. The second-order valence-electron chi connectivity index (χ2n) is 7.77. The minimum absolute atomic E-state index is 0.0213. The van der Waals surface area contributed by atoms with Gasteiger partial charge in [-0.15, -0.1) is 0 Å². The molecule has 8 nitrogen and oxygen atoms in total. The maximum Gasteiger partial charge on any atom is 0.252 e. The molecule has 31 heavy (non-hydrogen) atoms. The zero-order valence-electron chi connectivity index (χ0n) is 17.5. The van der Waals surface area contributed by atoms with Gasteiger partial charge in [-0.25, -0.2) is 13.4 Å². The number of aromatic nitrogens is 1. The van der Waals surface area contributed by atoms with Crippen LogP contribution in [0.4, 0.5) is 5.82 Å². The van der Waals surface area contributed by atoms with E-state index in [-0.39, 0.29) is 30.1 Å². The van der Waals surface area contributed by atoms with Crippen molar-refractivity contribution >= 4 is 21.7 Å². The summed E-state index contributed by atoms with van der Waals surface area (Å²) in [5, 5.41) is 2.83. The van der Waals surface area contributed by atoms with E-state index >= 15 is 0 Å². The van der Waals surface area contributed by atoms with Gasteiger partial charge >= 0.3 is 0 Å². The van der Waals surface area contributed by atoms with Gasteiger partial charge in [0.25, 0.3) is 5.91 Å². The number of benzene rings is 1. The average Bonchev–Trinajstić information content (AvgIpc) is 2.84. The van der Waals surface area contributed by atoms with Crippen molar-refractivity contribution in [3.63, 3.8) is 0 Å². The first-order valence-electron chi connectivity index (χ1n) is 10.7. The van der Waals surface area contributed by atoms with Gasteiger partial charge < -0.3 is 15.0 Å². The minimum atomic E-state index is -3.76. The fourth-order valence-corrected chi connectivity index (χ4v) is 5.51. The van der Waals surface area contributed by atoms with E-state index in [1.807, 2.05) is 12.1 Å². The van der Waals surface area contributed by atoms with Gasteiger partial charge in [0.2, 0.25) is 10.0 Å². The molecule has 2 fully saturated rings. The first-order chi connectivity index (χ1) is 15.1. The van der Waals surface area contributed by atoms with Crippen LogP contribution < -0.4 is 10.2 Å². The fraction of sp³-hybridized carbons (Fsp3) is 0.455. The molecule has 2 aliphatic rings. The number of sulfonamides is 1. The van der Waals surface area contributed by atoms with E-state index in [2.05, 4.69) is 15.2 Å². The highest BCUT2D eigenvalue weighted by Crippen LogP contribution is 2.22. The maximum absolute atomic E-state index is 13.1. The molecule has 2 aromatic rings. The smallest absolute Gasteiger partial charge is 0.252 e. The van der Waals surface area contributed by atoms with E-state index in [0.29, 0.717) is 13.2 Å². The Morgan fingerprint density at radius 2 is 1.74 bits per heavy atom. The molecule has 1 aromatic carbocycles. The number of morpholine rings is 1. The molecule has 0 unspecified atom stereocenters. The van der Waals surface area contributed by atoms with Crippen LogP contribution in [0.2, 0.25) is 0 Å². The predicted molar refractivity (Wildman–Crippen MR) is 117 cm³/mol. The van der Waals surface area contributed by atoms with E-state index in [1.165, 1.54) is 29.6 Å². The first kappa shape index (κ1) is 21.7. The zero-order chi connectivity index (χ0) is 21.7. The van der Waals surface area contributed by atoms with Crippen LogP contribution in [0.15, 0.2) is 47.5 Å². The Kier molecular flexibility index (Phi) is 6.84. The van der Waals surface area contributed by atoms with Crippen LogP contribution in [0.3, 0.4) is 0 Å². The molecule has 0 radical (unpaired) electrons. The summed E-state index contributed by atoms with van der Waals surface area (Å²) in [6.07, 6.45) is 5.41.